The Morgan fingerprint density at radius 3 is 2.50 bits per heavy atom. The average molecular weight is 267 g/mol. The maximum Gasteiger partial charge on any atom is 0.324 e. The quantitative estimate of drug-likeness (QED) is 0.835. The molecule has 100 valence electrons. The van der Waals surface area contributed by atoms with Gasteiger partial charge in [0, 0.05) is 5.56 Å². The van der Waals surface area contributed by atoms with Gasteiger partial charge >= 0.3 is 12.3 Å². The Balaban J connectivity index is 2.72. The summed E-state index contributed by atoms with van der Waals surface area (Å²) in [6.07, 6.45) is -3.85. The molecule has 1 rings (SSSR count). The molecule has 0 spiro atoms. The van der Waals surface area contributed by atoms with Crippen molar-refractivity contribution in [3.63, 3.8) is 0 Å². The van der Waals surface area contributed by atoms with Crippen LogP contribution in [0.25, 0.3) is 0 Å². The lowest BCUT2D eigenvalue weighted by Gasteiger charge is -2.16. The molecule has 0 radical (unpaired) electrons. The summed E-state index contributed by atoms with van der Waals surface area (Å²) in [6, 6.07) is 3.12. The molecule has 0 aromatic heterocycles. The molecule has 7 heteroatoms. The van der Waals surface area contributed by atoms with E-state index in [0.29, 0.717) is 0 Å². The molecule has 18 heavy (non-hydrogen) atoms. The van der Waals surface area contributed by atoms with Gasteiger partial charge in [-0.05, 0) is 30.7 Å². The standard InChI is InChI=1S/C11H10F5NO/c1-6-4-7(12)2-3-8(6)9(18)17-5-11(15,16)10(13)14/h2-4,10H,5H2,1H3,(H,17,18). The predicted octanol–water partition coefficient (Wildman–Crippen LogP) is 2.76. The second-order valence-electron chi connectivity index (χ2n) is 3.70. The first kappa shape index (κ1) is 14.4. The van der Waals surface area contributed by atoms with E-state index >= 15 is 0 Å². The van der Waals surface area contributed by atoms with Crippen LogP contribution in [0.1, 0.15) is 15.9 Å². The van der Waals surface area contributed by atoms with Gasteiger partial charge in [0.05, 0.1) is 6.54 Å². The molecule has 0 bridgehead atoms. The van der Waals surface area contributed by atoms with Gasteiger partial charge in [-0.15, -0.1) is 0 Å². The van der Waals surface area contributed by atoms with Crippen LogP contribution in [0.3, 0.4) is 0 Å². The van der Waals surface area contributed by atoms with E-state index < -0.39 is 30.6 Å². The van der Waals surface area contributed by atoms with Gasteiger partial charge in [0.25, 0.3) is 5.91 Å². The number of hydrogen-bond donors (Lipinski definition) is 1. The Morgan fingerprint density at radius 2 is 2.00 bits per heavy atom. The van der Waals surface area contributed by atoms with E-state index in [1.807, 2.05) is 0 Å². The van der Waals surface area contributed by atoms with E-state index in [4.69, 9.17) is 0 Å². The molecule has 0 aliphatic carbocycles. The first-order valence-electron chi connectivity index (χ1n) is 4.94. The molecule has 2 nitrogen and oxygen atoms in total. The third-order valence-corrected chi connectivity index (χ3v) is 2.24. The minimum Gasteiger partial charge on any atom is -0.346 e. The molecule has 0 fully saturated rings. The zero-order chi connectivity index (χ0) is 13.9. The van der Waals surface area contributed by atoms with Crippen LogP contribution in [0.2, 0.25) is 0 Å². The summed E-state index contributed by atoms with van der Waals surface area (Å²) >= 11 is 0. The number of carbonyl (C=O) groups excluding carboxylic acids is 1. The molecule has 0 aliphatic rings. The van der Waals surface area contributed by atoms with Crippen LogP contribution in [0, 0.1) is 12.7 Å². The SMILES string of the molecule is Cc1cc(F)ccc1C(=O)NCC(F)(F)C(F)F. The van der Waals surface area contributed by atoms with Crippen molar-refractivity contribution in [2.24, 2.45) is 0 Å². The van der Waals surface area contributed by atoms with Crippen LogP contribution in [-0.4, -0.2) is 24.8 Å². The van der Waals surface area contributed by atoms with Gasteiger partial charge in [-0.2, -0.15) is 8.78 Å². The maximum atomic E-state index is 12.7. The second-order valence-corrected chi connectivity index (χ2v) is 3.70. The van der Waals surface area contributed by atoms with E-state index in [0.717, 1.165) is 18.2 Å². The lowest BCUT2D eigenvalue weighted by molar-refractivity contribution is -0.123. The molecule has 0 heterocycles. The summed E-state index contributed by atoms with van der Waals surface area (Å²) in [5.41, 5.74) is 0.189. The lowest BCUT2D eigenvalue weighted by atomic mass is 10.1. The molecule has 0 saturated heterocycles. The Labute approximate surface area is 99.8 Å². The molecule has 1 aromatic rings. The lowest BCUT2D eigenvalue weighted by Crippen LogP contribution is -2.41. The average Bonchev–Trinajstić information content (AvgIpc) is 2.25. The van der Waals surface area contributed by atoms with Gasteiger partial charge in [0.15, 0.2) is 0 Å². The van der Waals surface area contributed by atoms with Crippen LogP contribution in [-0.2, 0) is 0 Å². The first-order valence-corrected chi connectivity index (χ1v) is 4.94. The molecule has 1 aromatic carbocycles. The molecular formula is C11H10F5NO. The summed E-state index contributed by atoms with van der Waals surface area (Å²) in [5, 5.41) is 1.69. The Kier molecular flexibility index (Phi) is 4.26. The number of alkyl halides is 4. The summed E-state index contributed by atoms with van der Waals surface area (Å²) in [5.74, 6) is -5.82. The highest BCUT2D eigenvalue weighted by atomic mass is 19.3. The highest BCUT2D eigenvalue weighted by Gasteiger charge is 2.40. The van der Waals surface area contributed by atoms with Crippen molar-refractivity contribution in [1.29, 1.82) is 0 Å². The monoisotopic (exact) mass is 267 g/mol. The number of nitrogens with one attached hydrogen (secondary N) is 1. The predicted molar refractivity (Wildman–Crippen MR) is 54.4 cm³/mol. The Hall–Kier alpha value is -1.66. The molecule has 0 atom stereocenters. The van der Waals surface area contributed by atoms with E-state index in [9.17, 15) is 26.7 Å². The van der Waals surface area contributed by atoms with Gasteiger partial charge in [0.1, 0.15) is 5.82 Å². The molecule has 0 unspecified atom stereocenters. The van der Waals surface area contributed by atoms with E-state index in [1.165, 1.54) is 6.92 Å². The van der Waals surface area contributed by atoms with Crippen molar-refractivity contribution in [2.45, 2.75) is 19.3 Å². The third-order valence-electron chi connectivity index (χ3n) is 2.24. The second kappa shape index (κ2) is 5.32. The number of halogens is 5. The molecule has 1 N–H and O–H groups in total. The van der Waals surface area contributed by atoms with Crippen molar-refractivity contribution in [3.8, 4) is 0 Å². The molecule has 0 saturated carbocycles. The van der Waals surface area contributed by atoms with Crippen molar-refractivity contribution in [2.75, 3.05) is 6.54 Å². The summed E-state index contributed by atoms with van der Waals surface area (Å²) < 4.78 is 61.6. The normalized spacial score (nSPS) is 11.7. The van der Waals surface area contributed by atoms with E-state index in [2.05, 4.69) is 0 Å². The van der Waals surface area contributed by atoms with Crippen molar-refractivity contribution in [3.05, 3.63) is 35.1 Å². The van der Waals surface area contributed by atoms with E-state index in [1.54, 1.807) is 5.32 Å². The van der Waals surface area contributed by atoms with Crippen molar-refractivity contribution >= 4 is 5.91 Å². The third kappa shape index (κ3) is 3.41. The number of carbonyl (C=O) groups is 1. The topological polar surface area (TPSA) is 29.1 Å². The summed E-state index contributed by atoms with van der Waals surface area (Å²) in [4.78, 5) is 11.4. The maximum absolute atomic E-state index is 12.7. The van der Waals surface area contributed by atoms with Gasteiger partial charge in [0.2, 0.25) is 0 Å². The fourth-order valence-electron chi connectivity index (χ4n) is 1.25. The van der Waals surface area contributed by atoms with Gasteiger partial charge in [-0.3, -0.25) is 4.79 Å². The van der Waals surface area contributed by atoms with Crippen LogP contribution in [0.4, 0.5) is 22.0 Å². The number of benzene rings is 1. The van der Waals surface area contributed by atoms with Gasteiger partial charge < -0.3 is 5.32 Å². The van der Waals surface area contributed by atoms with Gasteiger partial charge in [-0.25, -0.2) is 13.2 Å². The summed E-state index contributed by atoms with van der Waals surface area (Å²) in [7, 11) is 0. The van der Waals surface area contributed by atoms with Crippen LogP contribution in [0.5, 0.6) is 0 Å². The first-order chi connectivity index (χ1) is 8.24. The summed E-state index contributed by atoms with van der Waals surface area (Å²) in [6.45, 7) is -0.0659. The van der Waals surface area contributed by atoms with E-state index in [-0.39, 0.29) is 11.1 Å². The highest BCUT2D eigenvalue weighted by molar-refractivity contribution is 5.95. The largest absolute Gasteiger partial charge is 0.346 e. The molecular weight excluding hydrogens is 257 g/mol. The van der Waals surface area contributed by atoms with Crippen LogP contribution < -0.4 is 5.32 Å². The van der Waals surface area contributed by atoms with Crippen molar-refractivity contribution < 1.29 is 26.7 Å². The molecule has 1 amide bonds. The highest BCUT2D eigenvalue weighted by Crippen LogP contribution is 2.21. The number of amides is 1. The van der Waals surface area contributed by atoms with Gasteiger partial charge in [-0.1, -0.05) is 0 Å². The minimum absolute atomic E-state index is 0.0403. The smallest absolute Gasteiger partial charge is 0.324 e. The fraction of sp³-hybridized carbons (Fsp3) is 0.364. The minimum atomic E-state index is -4.29. The van der Waals surface area contributed by atoms with Crippen LogP contribution in [0.15, 0.2) is 18.2 Å². The number of hydrogen-bond acceptors (Lipinski definition) is 1. The zero-order valence-corrected chi connectivity index (χ0v) is 9.31. The van der Waals surface area contributed by atoms with Crippen LogP contribution >= 0.6 is 0 Å². The zero-order valence-electron chi connectivity index (χ0n) is 9.31. The fourth-order valence-corrected chi connectivity index (χ4v) is 1.25. The molecule has 0 aliphatic heterocycles. The Morgan fingerprint density at radius 1 is 1.39 bits per heavy atom. The van der Waals surface area contributed by atoms with Crippen molar-refractivity contribution in [1.82, 2.24) is 5.32 Å². The number of aryl methyl sites for hydroxylation is 1. The Bertz CT molecular complexity index is 447. The number of rotatable bonds is 4.